The van der Waals surface area contributed by atoms with Crippen molar-refractivity contribution < 1.29 is 5.11 Å². The maximum atomic E-state index is 9.87. The molecule has 0 unspecified atom stereocenters. The summed E-state index contributed by atoms with van der Waals surface area (Å²) in [6.07, 6.45) is 0.692. The van der Waals surface area contributed by atoms with Crippen molar-refractivity contribution in [2.75, 3.05) is 0 Å². The number of imidazole rings is 1. The molecule has 2 heterocycles. The summed E-state index contributed by atoms with van der Waals surface area (Å²) in [5, 5.41) is 12.3. The molecule has 4 rings (SSSR count). The fourth-order valence-corrected chi connectivity index (χ4v) is 2.86. The van der Waals surface area contributed by atoms with Gasteiger partial charge in [-0.2, -0.15) is 0 Å². The van der Waals surface area contributed by atoms with Gasteiger partial charge in [0.25, 0.3) is 0 Å². The summed E-state index contributed by atoms with van der Waals surface area (Å²) in [5.74, 6) is 1.36. The van der Waals surface area contributed by atoms with Crippen LogP contribution in [0.2, 0.25) is 0 Å². The number of fused-ring (bicyclic) bond motifs is 4. The second-order valence-corrected chi connectivity index (χ2v) is 5.10. The highest BCUT2D eigenvalue weighted by Gasteiger charge is 2.19. The largest absolute Gasteiger partial charge is 0.512 e. The SMILES string of the molecule is CC1=C(O)CCn2c1nc1cc3ccccc3cc12. The Morgan fingerprint density at radius 3 is 2.68 bits per heavy atom. The Kier molecular flexibility index (Phi) is 2.01. The monoisotopic (exact) mass is 250 g/mol. The van der Waals surface area contributed by atoms with Crippen molar-refractivity contribution in [2.45, 2.75) is 19.9 Å². The first-order chi connectivity index (χ1) is 9.24. The molecule has 1 aliphatic heterocycles. The first-order valence-corrected chi connectivity index (χ1v) is 6.52. The van der Waals surface area contributed by atoms with Gasteiger partial charge in [-0.3, -0.25) is 0 Å². The zero-order valence-corrected chi connectivity index (χ0v) is 10.7. The first-order valence-electron chi connectivity index (χ1n) is 6.52. The molecule has 1 N–H and O–H groups in total. The van der Waals surface area contributed by atoms with E-state index in [4.69, 9.17) is 0 Å². The van der Waals surface area contributed by atoms with Gasteiger partial charge in [0.2, 0.25) is 0 Å². The molecule has 0 saturated carbocycles. The fourth-order valence-electron chi connectivity index (χ4n) is 2.86. The Morgan fingerprint density at radius 1 is 1.16 bits per heavy atom. The Balaban J connectivity index is 2.11. The van der Waals surface area contributed by atoms with Crippen molar-refractivity contribution >= 4 is 27.4 Å². The second kappa shape index (κ2) is 3.60. The molecular weight excluding hydrogens is 236 g/mol. The number of aliphatic hydroxyl groups is 1. The van der Waals surface area contributed by atoms with Gasteiger partial charge in [0, 0.05) is 18.5 Å². The normalized spacial score (nSPS) is 15.2. The lowest BCUT2D eigenvalue weighted by atomic mass is 10.1. The van der Waals surface area contributed by atoms with Crippen LogP contribution < -0.4 is 0 Å². The number of allylic oxidation sites excluding steroid dienone is 2. The molecule has 0 amide bonds. The van der Waals surface area contributed by atoms with Gasteiger partial charge < -0.3 is 9.67 Å². The van der Waals surface area contributed by atoms with Gasteiger partial charge in [0.1, 0.15) is 11.6 Å². The Morgan fingerprint density at radius 2 is 1.89 bits per heavy atom. The molecule has 2 aromatic carbocycles. The van der Waals surface area contributed by atoms with Gasteiger partial charge in [-0.1, -0.05) is 24.3 Å². The van der Waals surface area contributed by atoms with E-state index in [1.165, 1.54) is 10.8 Å². The molecule has 0 radical (unpaired) electrons. The van der Waals surface area contributed by atoms with Crippen LogP contribution in [-0.4, -0.2) is 14.7 Å². The lowest BCUT2D eigenvalue weighted by Crippen LogP contribution is -2.10. The summed E-state index contributed by atoms with van der Waals surface area (Å²) >= 11 is 0. The number of hydrogen-bond donors (Lipinski definition) is 1. The van der Waals surface area contributed by atoms with Crippen LogP contribution in [-0.2, 0) is 6.54 Å². The number of benzene rings is 2. The van der Waals surface area contributed by atoms with Gasteiger partial charge in [0.15, 0.2) is 0 Å². The number of aliphatic hydroxyl groups excluding tert-OH is 1. The summed E-state index contributed by atoms with van der Waals surface area (Å²) in [6, 6.07) is 12.6. The average molecular weight is 250 g/mol. The molecule has 19 heavy (non-hydrogen) atoms. The molecule has 3 heteroatoms. The van der Waals surface area contributed by atoms with Crippen LogP contribution in [0.4, 0.5) is 0 Å². The molecule has 3 nitrogen and oxygen atoms in total. The molecular formula is C16H14N2O. The van der Waals surface area contributed by atoms with Crippen molar-refractivity contribution in [3.63, 3.8) is 0 Å². The molecule has 0 aliphatic carbocycles. The number of hydrogen-bond acceptors (Lipinski definition) is 2. The molecule has 94 valence electrons. The zero-order chi connectivity index (χ0) is 13.0. The van der Waals surface area contributed by atoms with E-state index in [0.717, 1.165) is 29.0 Å². The van der Waals surface area contributed by atoms with Crippen LogP contribution in [0.5, 0.6) is 0 Å². The summed E-state index contributed by atoms with van der Waals surface area (Å²) in [5.41, 5.74) is 3.05. The van der Waals surface area contributed by atoms with E-state index in [2.05, 4.69) is 39.9 Å². The van der Waals surface area contributed by atoms with Crippen LogP contribution in [0, 0.1) is 0 Å². The van der Waals surface area contributed by atoms with Gasteiger partial charge in [-0.15, -0.1) is 0 Å². The highest BCUT2D eigenvalue weighted by Crippen LogP contribution is 2.31. The Labute approximate surface area is 110 Å². The Bertz CT molecular complexity index is 842. The quantitative estimate of drug-likeness (QED) is 0.657. The van der Waals surface area contributed by atoms with E-state index < -0.39 is 0 Å². The third-order valence-corrected chi connectivity index (χ3v) is 3.96. The van der Waals surface area contributed by atoms with Crippen LogP contribution >= 0.6 is 0 Å². The summed E-state index contributed by atoms with van der Waals surface area (Å²) in [7, 11) is 0. The van der Waals surface area contributed by atoms with Gasteiger partial charge in [0.05, 0.1) is 11.0 Å². The van der Waals surface area contributed by atoms with Gasteiger partial charge in [-0.05, 0) is 29.8 Å². The lowest BCUT2D eigenvalue weighted by Gasteiger charge is -2.16. The predicted molar refractivity (Wildman–Crippen MR) is 77.1 cm³/mol. The molecule has 0 spiro atoms. The number of rotatable bonds is 0. The van der Waals surface area contributed by atoms with Crippen LogP contribution in [0.15, 0.2) is 42.2 Å². The van der Waals surface area contributed by atoms with E-state index in [0.29, 0.717) is 12.2 Å². The maximum absolute atomic E-state index is 9.87. The van der Waals surface area contributed by atoms with E-state index >= 15 is 0 Å². The van der Waals surface area contributed by atoms with Crippen molar-refractivity contribution in [1.29, 1.82) is 0 Å². The minimum atomic E-state index is 0.465. The van der Waals surface area contributed by atoms with Crippen molar-refractivity contribution in [1.82, 2.24) is 9.55 Å². The number of nitrogens with zero attached hydrogens (tertiary/aromatic N) is 2. The topological polar surface area (TPSA) is 38.0 Å². The highest BCUT2D eigenvalue weighted by atomic mass is 16.3. The fraction of sp³-hybridized carbons (Fsp3) is 0.188. The molecule has 1 aromatic heterocycles. The van der Waals surface area contributed by atoms with Gasteiger partial charge in [-0.25, -0.2) is 4.98 Å². The minimum Gasteiger partial charge on any atom is -0.512 e. The smallest absolute Gasteiger partial charge is 0.140 e. The van der Waals surface area contributed by atoms with E-state index in [1.54, 1.807) is 0 Å². The van der Waals surface area contributed by atoms with Gasteiger partial charge >= 0.3 is 0 Å². The van der Waals surface area contributed by atoms with E-state index in [-0.39, 0.29) is 0 Å². The second-order valence-electron chi connectivity index (χ2n) is 5.10. The third-order valence-electron chi connectivity index (χ3n) is 3.96. The molecule has 1 aliphatic rings. The van der Waals surface area contributed by atoms with Crippen molar-refractivity contribution in [3.8, 4) is 0 Å². The molecule has 0 saturated heterocycles. The summed E-state index contributed by atoms with van der Waals surface area (Å²) < 4.78 is 2.21. The number of aromatic nitrogens is 2. The molecule has 0 fully saturated rings. The molecule has 0 atom stereocenters. The standard InChI is InChI=1S/C16H14N2O/c1-10-15(19)6-7-18-14-9-12-5-3-2-4-11(12)8-13(14)17-16(10)18/h2-5,8-9,19H,6-7H2,1H3. The van der Waals surface area contributed by atoms with Crippen molar-refractivity contribution in [2.24, 2.45) is 0 Å². The lowest BCUT2D eigenvalue weighted by molar-refractivity contribution is 0.373. The van der Waals surface area contributed by atoms with Crippen LogP contribution in [0.1, 0.15) is 19.2 Å². The maximum Gasteiger partial charge on any atom is 0.140 e. The molecule has 0 bridgehead atoms. The summed E-state index contributed by atoms with van der Waals surface area (Å²) in [4.78, 5) is 4.68. The van der Waals surface area contributed by atoms with E-state index in [1.807, 2.05) is 13.0 Å². The van der Waals surface area contributed by atoms with E-state index in [9.17, 15) is 5.11 Å². The highest BCUT2D eigenvalue weighted by molar-refractivity contribution is 5.96. The third kappa shape index (κ3) is 1.41. The zero-order valence-electron chi connectivity index (χ0n) is 10.7. The minimum absolute atomic E-state index is 0.465. The predicted octanol–water partition coefficient (Wildman–Crippen LogP) is 3.88. The Hall–Kier alpha value is -2.29. The average Bonchev–Trinajstić information content (AvgIpc) is 2.79. The summed E-state index contributed by atoms with van der Waals surface area (Å²) in [6.45, 7) is 2.74. The van der Waals surface area contributed by atoms with Crippen molar-refractivity contribution in [3.05, 3.63) is 48.0 Å². The first kappa shape index (κ1) is 10.6. The number of aryl methyl sites for hydroxylation is 1. The molecule has 3 aromatic rings. The van der Waals surface area contributed by atoms with Crippen LogP contribution in [0.3, 0.4) is 0 Å². The van der Waals surface area contributed by atoms with Crippen LogP contribution in [0.25, 0.3) is 27.4 Å².